The van der Waals surface area contributed by atoms with Gasteiger partial charge in [0.05, 0.1) is 21.8 Å². The van der Waals surface area contributed by atoms with Crippen molar-refractivity contribution in [1.29, 1.82) is 0 Å². The van der Waals surface area contributed by atoms with Gasteiger partial charge in [0.25, 0.3) is 0 Å². The molecule has 270 valence electrons. The van der Waals surface area contributed by atoms with Crippen molar-refractivity contribution in [1.82, 2.24) is 0 Å². The molecular formula is C31H28F12O2P2S2. The third-order valence-corrected chi connectivity index (χ3v) is 11.8. The Morgan fingerprint density at radius 1 is 0.531 bits per heavy atom. The fraction of sp³-hybridized carbons (Fsp3) is 0.161. The van der Waals surface area contributed by atoms with Gasteiger partial charge in [-0.3, -0.25) is 0 Å². The molecule has 18 heteroatoms. The molecule has 2 aliphatic heterocycles. The number of fused-ring (bicyclic) bond motifs is 4. The molecule has 0 amide bonds. The molecule has 0 bridgehead atoms. The summed E-state index contributed by atoms with van der Waals surface area (Å²) in [5.74, 6) is 5.07. The molecule has 6 rings (SSSR count). The van der Waals surface area contributed by atoms with Gasteiger partial charge in [0.1, 0.15) is 0 Å². The Labute approximate surface area is 279 Å². The van der Waals surface area contributed by atoms with E-state index >= 15 is 0 Å². The summed E-state index contributed by atoms with van der Waals surface area (Å²) in [5.41, 5.74) is 0. The normalized spacial score (nSPS) is 17.3. The van der Waals surface area contributed by atoms with E-state index in [1.54, 1.807) is 0 Å². The Hall–Kier alpha value is -3.06. The summed E-state index contributed by atoms with van der Waals surface area (Å²) in [6, 6.07) is 34.4. The molecule has 1 atom stereocenters. The molecular weight excluding hydrogens is 758 g/mol. The van der Waals surface area contributed by atoms with Gasteiger partial charge in [0, 0.05) is 6.42 Å². The van der Waals surface area contributed by atoms with E-state index in [-0.39, 0.29) is 21.8 Å². The van der Waals surface area contributed by atoms with Crippen LogP contribution < -0.4 is 9.47 Å². The number of hydrogen-bond donors (Lipinski definition) is 0. The molecule has 0 spiro atoms. The average molecular weight is 787 g/mol. The first-order valence-corrected chi connectivity index (χ1v) is 20.9. The Bertz CT molecular complexity index is 1680. The number of rotatable bonds is 7. The molecule has 1 unspecified atom stereocenters. The van der Waals surface area contributed by atoms with Crippen molar-refractivity contribution in [2.24, 2.45) is 0 Å². The zero-order valence-corrected chi connectivity index (χ0v) is 28.4. The van der Waals surface area contributed by atoms with E-state index in [9.17, 15) is 50.4 Å². The second-order valence-electron chi connectivity index (χ2n) is 10.6. The van der Waals surface area contributed by atoms with Crippen LogP contribution in [0, 0.1) is 0 Å². The van der Waals surface area contributed by atoms with Crippen LogP contribution in [0.2, 0.25) is 0 Å². The molecule has 0 aromatic heterocycles. The minimum atomic E-state index is -10.7. The number of ether oxygens (including phenoxy) is 2. The van der Waals surface area contributed by atoms with Gasteiger partial charge in [-0.1, -0.05) is 54.6 Å². The van der Waals surface area contributed by atoms with Gasteiger partial charge in [-0.2, -0.15) is 0 Å². The van der Waals surface area contributed by atoms with Crippen LogP contribution in [0.5, 0.6) is 23.0 Å². The Morgan fingerprint density at radius 3 is 1.18 bits per heavy atom. The van der Waals surface area contributed by atoms with Crippen LogP contribution in [-0.4, -0.2) is 11.0 Å². The van der Waals surface area contributed by atoms with Gasteiger partial charge in [0.2, 0.25) is 19.6 Å². The summed E-state index contributed by atoms with van der Waals surface area (Å²) < 4.78 is 131. The van der Waals surface area contributed by atoms with E-state index < -0.39 is 15.6 Å². The summed E-state index contributed by atoms with van der Waals surface area (Å²) in [6.45, 7) is 3.98. The number of allylic oxidation sites excluding steroid dienone is 1. The monoisotopic (exact) mass is 786 g/mol. The molecule has 0 N–H and O–H groups in total. The average Bonchev–Trinajstić information content (AvgIpc) is 2.96. The summed E-state index contributed by atoms with van der Waals surface area (Å²) in [5, 5.41) is 0.476. The Balaban J connectivity index is 0.000000327. The molecule has 4 aromatic carbocycles. The number of benzene rings is 4. The number of halogens is 12. The molecule has 2 aliphatic rings. The van der Waals surface area contributed by atoms with Gasteiger partial charge >= 0.3 is 66.0 Å². The van der Waals surface area contributed by atoms with Crippen LogP contribution in [0.1, 0.15) is 19.3 Å². The first kappa shape index (κ1) is 38.7. The van der Waals surface area contributed by atoms with E-state index in [2.05, 4.69) is 104 Å². The van der Waals surface area contributed by atoms with Crippen molar-refractivity contribution < 1.29 is 59.8 Å². The van der Waals surface area contributed by atoms with E-state index in [4.69, 9.17) is 9.47 Å². The van der Waals surface area contributed by atoms with Crippen LogP contribution in [0.15, 0.2) is 129 Å². The second-order valence-corrected chi connectivity index (χ2v) is 18.7. The van der Waals surface area contributed by atoms with Crippen LogP contribution >= 0.6 is 15.6 Å². The molecule has 0 saturated heterocycles. The minimum absolute atomic E-state index is 0.0700. The first-order valence-electron chi connectivity index (χ1n) is 14.1. The number of hydrogen-bond acceptors (Lipinski definition) is 2. The molecule has 49 heavy (non-hydrogen) atoms. The maximum atomic E-state index is 9.87. The van der Waals surface area contributed by atoms with E-state index in [0.717, 1.165) is 48.0 Å². The summed E-state index contributed by atoms with van der Waals surface area (Å²) in [4.78, 5) is 5.29. The fourth-order valence-corrected chi connectivity index (χ4v) is 10.6. The SMILES string of the molecule is C=CCCCC(C[S+]1c2ccccc2Oc2ccccc21)[S+]1c2ccccc2Oc2ccccc21.F[P-](F)(F)(F)(F)F.F[P-](F)(F)(F)(F)F. The Kier molecular flexibility index (Phi) is 9.97. The zero-order valence-electron chi connectivity index (χ0n) is 25.0. The third kappa shape index (κ3) is 13.6. The fourth-order valence-electron chi connectivity index (χ4n) is 4.87. The number of para-hydroxylation sites is 4. The predicted molar refractivity (Wildman–Crippen MR) is 174 cm³/mol. The van der Waals surface area contributed by atoms with Crippen molar-refractivity contribution in [2.75, 3.05) is 5.75 Å². The van der Waals surface area contributed by atoms with Crippen LogP contribution in [0.4, 0.5) is 50.4 Å². The summed E-state index contributed by atoms with van der Waals surface area (Å²) >= 11 is 0. The van der Waals surface area contributed by atoms with Crippen molar-refractivity contribution >= 4 is 37.4 Å². The Morgan fingerprint density at radius 2 is 0.837 bits per heavy atom. The van der Waals surface area contributed by atoms with E-state index in [0.29, 0.717) is 5.25 Å². The van der Waals surface area contributed by atoms with Gasteiger partial charge < -0.3 is 9.47 Å². The maximum absolute atomic E-state index is 10.7. The predicted octanol–water partition coefficient (Wildman–Crippen LogP) is 15.2. The van der Waals surface area contributed by atoms with Gasteiger partial charge in [-0.05, 0) is 61.4 Å². The van der Waals surface area contributed by atoms with Crippen molar-refractivity contribution in [3.63, 3.8) is 0 Å². The third-order valence-electron chi connectivity index (χ3n) is 6.46. The molecule has 2 nitrogen and oxygen atoms in total. The topological polar surface area (TPSA) is 18.5 Å². The zero-order chi connectivity index (χ0) is 36.4. The van der Waals surface area contributed by atoms with Crippen molar-refractivity contribution in [3.8, 4) is 23.0 Å². The molecule has 0 radical (unpaired) electrons. The number of unbranched alkanes of at least 4 members (excludes halogenated alkanes) is 1. The van der Waals surface area contributed by atoms with Crippen LogP contribution in [0.25, 0.3) is 0 Å². The second kappa shape index (κ2) is 12.6. The molecule has 2 heterocycles. The van der Waals surface area contributed by atoms with Crippen molar-refractivity contribution in [2.45, 2.75) is 44.1 Å². The van der Waals surface area contributed by atoms with Gasteiger partial charge in [-0.15, -0.1) is 6.58 Å². The van der Waals surface area contributed by atoms with Gasteiger partial charge in [-0.25, -0.2) is 0 Å². The molecule has 0 saturated carbocycles. The molecule has 0 aliphatic carbocycles. The molecule has 0 fully saturated rings. The van der Waals surface area contributed by atoms with Crippen molar-refractivity contribution in [3.05, 3.63) is 110 Å². The van der Waals surface area contributed by atoms with E-state index in [1.807, 2.05) is 6.08 Å². The standard InChI is InChI=1S/C31H28O2S2.2F6P/c1-2-3-4-13-23(35-30-20-11-7-16-26(30)33-27-17-8-12-21-31(27)35)22-34-28-18-9-5-14-24(28)32-25-15-6-10-19-29(25)34;2*1-7(2,3,4,5)6/h2,5-12,14-21,23H,1,3-4,13,22H2;;/q+2;2*-1. The van der Waals surface area contributed by atoms with Crippen LogP contribution in [0.3, 0.4) is 0 Å². The summed E-state index contributed by atoms with van der Waals surface area (Å²) in [6.07, 6.45) is 5.37. The van der Waals surface area contributed by atoms with E-state index in [1.165, 1.54) is 19.6 Å². The van der Waals surface area contributed by atoms with Crippen LogP contribution in [-0.2, 0) is 21.8 Å². The first-order chi connectivity index (χ1) is 22.2. The quantitative estimate of drug-likeness (QED) is 0.0611. The summed E-state index contributed by atoms with van der Waals surface area (Å²) in [7, 11) is -21.5. The molecule has 4 aromatic rings. The van der Waals surface area contributed by atoms with Gasteiger partial charge in [0.15, 0.2) is 34.0 Å².